The van der Waals surface area contributed by atoms with Crippen LogP contribution in [0.1, 0.15) is 29.7 Å². The number of nitrogens with one attached hydrogen (secondary N) is 1. The third-order valence-corrected chi connectivity index (χ3v) is 3.48. The van der Waals surface area contributed by atoms with Crippen LogP contribution in [0.25, 0.3) is 0 Å². The van der Waals surface area contributed by atoms with E-state index in [1.807, 2.05) is 12.1 Å². The molecule has 110 valence electrons. The number of rotatable bonds is 7. The highest BCUT2D eigenvalue weighted by atomic mass is 16.5. The predicted molar refractivity (Wildman–Crippen MR) is 88.6 cm³/mol. The SMILES string of the molecule is C=CCOc1ccc(CN[C@@H](C)c2ccc(C)cc2)cc1. The highest BCUT2D eigenvalue weighted by Crippen LogP contribution is 2.15. The number of aryl methyl sites for hydroxylation is 1. The number of hydrogen-bond acceptors (Lipinski definition) is 2. The average molecular weight is 281 g/mol. The molecule has 0 saturated carbocycles. The monoisotopic (exact) mass is 281 g/mol. The van der Waals surface area contributed by atoms with Crippen LogP contribution in [0.4, 0.5) is 0 Å². The summed E-state index contributed by atoms with van der Waals surface area (Å²) >= 11 is 0. The van der Waals surface area contributed by atoms with Gasteiger partial charge in [0.1, 0.15) is 12.4 Å². The Labute approximate surface area is 127 Å². The van der Waals surface area contributed by atoms with Crippen LogP contribution in [0.15, 0.2) is 61.2 Å². The molecule has 21 heavy (non-hydrogen) atoms. The summed E-state index contributed by atoms with van der Waals surface area (Å²) in [5.41, 5.74) is 3.85. The topological polar surface area (TPSA) is 21.3 Å². The van der Waals surface area contributed by atoms with Crippen molar-refractivity contribution in [2.45, 2.75) is 26.4 Å². The summed E-state index contributed by atoms with van der Waals surface area (Å²) in [6, 6.07) is 17.2. The normalized spacial score (nSPS) is 11.9. The van der Waals surface area contributed by atoms with Crippen LogP contribution in [0.5, 0.6) is 5.75 Å². The molecule has 1 N–H and O–H groups in total. The molecule has 0 aliphatic carbocycles. The van der Waals surface area contributed by atoms with Gasteiger partial charge in [-0.05, 0) is 37.1 Å². The second-order valence-electron chi connectivity index (χ2n) is 5.26. The van der Waals surface area contributed by atoms with Crippen molar-refractivity contribution in [1.29, 1.82) is 0 Å². The predicted octanol–water partition coefficient (Wildman–Crippen LogP) is 4.41. The van der Waals surface area contributed by atoms with Crippen molar-refractivity contribution in [3.05, 3.63) is 77.9 Å². The van der Waals surface area contributed by atoms with Crippen LogP contribution in [-0.4, -0.2) is 6.61 Å². The first-order valence-electron chi connectivity index (χ1n) is 7.31. The fraction of sp³-hybridized carbons (Fsp3) is 0.263. The molecule has 2 aromatic carbocycles. The van der Waals surface area contributed by atoms with Crippen molar-refractivity contribution in [3.8, 4) is 5.75 Å². The van der Waals surface area contributed by atoms with Crippen LogP contribution in [-0.2, 0) is 6.54 Å². The molecule has 2 heteroatoms. The van der Waals surface area contributed by atoms with Gasteiger partial charge in [-0.3, -0.25) is 0 Å². The van der Waals surface area contributed by atoms with E-state index in [-0.39, 0.29) is 0 Å². The quantitative estimate of drug-likeness (QED) is 0.759. The number of ether oxygens (including phenoxy) is 1. The maximum absolute atomic E-state index is 5.48. The third kappa shape index (κ3) is 4.76. The minimum atomic E-state index is 0.335. The lowest BCUT2D eigenvalue weighted by Crippen LogP contribution is -2.17. The van der Waals surface area contributed by atoms with Crippen LogP contribution < -0.4 is 10.1 Å². The Morgan fingerprint density at radius 2 is 1.76 bits per heavy atom. The summed E-state index contributed by atoms with van der Waals surface area (Å²) in [4.78, 5) is 0. The van der Waals surface area contributed by atoms with E-state index < -0.39 is 0 Å². The van der Waals surface area contributed by atoms with Gasteiger partial charge in [-0.15, -0.1) is 0 Å². The zero-order chi connectivity index (χ0) is 15.1. The van der Waals surface area contributed by atoms with Crippen molar-refractivity contribution in [2.24, 2.45) is 0 Å². The van der Waals surface area contributed by atoms with Gasteiger partial charge < -0.3 is 10.1 Å². The van der Waals surface area contributed by atoms with Gasteiger partial charge in [0.05, 0.1) is 0 Å². The molecule has 0 amide bonds. The van der Waals surface area contributed by atoms with E-state index in [0.29, 0.717) is 12.6 Å². The van der Waals surface area contributed by atoms with E-state index in [1.54, 1.807) is 6.08 Å². The van der Waals surface area contributed by atoms with Gasteiger partial charge in [0.2, 0.25) is 0 Å². The number of benzene rings is 2. The fourth-order valence-corrected chi connectivity index (χ4v) is 2.10. The van der Waals surface area contributed by atoms with E-state index in [2.05, 4.69) is 62.1 Å². The summed E-state index contributed by atoms with van der Waals surface area (Å²) in [5.74, 6) is 0.880. The molecule has 0 aliphatic heterocycles. The summed E-state index contributed by atoms with van der Waals surface area (Å²) in [5, 5.41) is 3.54. The van der Waals surface area contributed by atoms with E-state index in [9.17, 15) is 0 Å². The first-order chi connectivity index (χ1) is 10.2. The Kier molecular flexibility index (Phi) is 5.59. The second-order valence-corrected chi connectivity index (χ2v) is 5.26. The standard InChI is InChI=1S/C19H23NO/c1-4-13-21-19-11-7-17(8-12-19)14-20-16(3)18-9-5-15(2)6-10-18/h4-12,16,20H,1,13-14H2,2-3H3/t16-/m0/s1. The Hall–Kier alpha value is -2.06. The molecule has 2 nitrogen and oxygen atoms in total. The first-order valence-corrected chi connectivity index (χ1v) is 7.31. The molecule has 2 rings (SSSR count). The summed E-state index contributed by atoms with van der Waals surface area (Å²) in [6.07, 6.45) is 1.75. The summed E-state index contributed by atoms with van der Waals surface area (Å²) < 4.78 is 5.48. The Morgan fingerprint density at radius 3 is 2.38 bits per heavy atom. The van der Waals surface area contributed by atoms with E-state index in [0.717, 1.165) is 12.3 Å². The molecule has 0 unspecified atom stereocenters. The molecule has 0 aromatic heterocycles. The first kappa shape index (κ1) is 15.3. The molecule has 0 heterocycles. The molecular weight excluding hydrogens is 258 g/mol. The molecule has 0 radical (unpaired) electrons. The number of hydrogen-bond donors (Lipinski definition) is 1. The zero-order valence-corrected chi connectivity index (χ0v) is 12.8. The lowest BCUT2D eigenvalue weighted by molar-refractivity contribution is 0.363. The van der Waals surface area contributed by atoms with Crippen molar-refractivity contribution in [1.82, 2.24) is 5.32 Å². The highest BCUT2D eigenvalue weighted by molar-refractivity contribution is 5.28. The molecule has 1 atom stereocenters. The Balaban J connectivity index is 1.87. The van der Waals surface area contributed by atoms with Gasteiger partial charge in [0.25, 0.3) is 0 Å². The molecule has 0 spiro atoms. The second kappa shape index (κ2) is 7.65. The molecule has 2 aromatic rings. The van der Waals surface area contributed by atoms with Crippen molar-refractivity contribution in [2.75, 3.05) is 6.61 Å². The molecule has 0 bridgehead atoms. The van der Waals surface area contributed by atoms with Crippen LogP contribution in [0, 0.1) is 6.92 Å². The van der Waals surface area contributed by atoms with Gasteiger partial charge in [0.15, 0.2) is 0 Å². The largest absolute Gasteiger partial charge is 0.490 e. The van der Waals surface area contributed by atoms with E-state index in [1.165, 1.54) is 16.7 Å². The zero-order valence-electron chi connectivity index (χ0n) is 12.8. The van der Waals surface area contributed by atoms with Crippen LogP contribution >= 0.6 is 0 Å². The van der Waals surface area contributed by atoms with Gasteiger partial charge in [-0.2, -0.15) is 0 Å². The summed E-state index contributed by atoms with van der Waals surface area (Å²) in [6.45, 7) is 9.32. The molecule has 0 aliphatic rings. The molecule has 0 fully saturated rings. The van der Waals surface area contributed by atoms with Crippen molar-refractivity contribution >= 4 is 0 Å². The lowest BCUT2D eigenvalue weighted by Gasteiger charge is -2.15. The smallest absolute Gasteiger partial charge is 0.119 e. The van der Waals surface area contributed by atoms with Gasteiger partial charge in [-0.25, -0.2) is 0 Å². The maximum atomic E-state index is 5.48. The molecule has 0 saturated heterocycles. The van der Waals surface area contributed by atoms with Crippen molar-refractivity contribution in [3.63, 3.8) is 0 Å². The van der Waals surface area contributed by atoms with Gasteiger partial charge in [-0.1, -0.05) is 54.6 Å². The third-order valence-electron chi connectivity index (χ3n) is 3.48. The van der Waals surface area contributed by atoms with Gasteiger partial charge in [0, 0.05) is 12.6 Å². The van der Waals surface area contributed by atoms with Crippen LogP contribution in [0.2, 0.25) is 0 Å². The Bertz CT molecular complexity index is 557. The highest BCUT2D eigenvalue weighted by Gasteiger charge is 2.04. The Morgan fingerprint density at radius 1 is 1.10 bits per heavy atom. The minimum absolute atomic E-state index is 0.335. The van der Waals surface area contributed by atoms with E-state index in [4.69, 9.17) is 4.74 Å². The van der Waals surface area contributed by atoms with Crippen molar-refractivity contribution < 1.29 is 4.74 Å². The van der Waals surface area contributed by atoms with Crippen LogP contribution in [0.3, 0.4) is 0 Å². The van der Waals surface area contributed by atoms with Gasteiger partial charge >= 0.3 is 0 Å². The van der Waals surface area contributed by atoms with E-state index >= 15 is 0 Å². The fourth-order valence-electron chi connectivity index (χ4n) is 2.10. The maximum Gasteiger partial charge on any atom is 0.119 e. The summed E-state index contributed by atoms with van der Waals surface area (Å²) in [7, 11) is 0. The average Bonchev–Trinajstić information content (AvgIpc) is 2.52. The minimum Gasteiger partial charge on any atom is -0.490 e. The molecular formula is C19H23NO. The lowest BCUT2D eigenvalue weighted by atomic mass is 10.1.